The number of carbonyl (C=O) groups excluding carboxylic acids is 1. The molecule has 1 aromatic rings. The van der Waals surface area contributed by atoms with Gasteiger partial charge in [0.1, 0.15) is 5.82 Å². The highest BCUT2D eigenvalue weighted by molar-refractivity contribution is 5.94. The molecule has 8 heteroatoms. The molecule has 2 rings (SSSR count). The van der Waals surface area contributed by atoms with E-state index in [0.29, 0.717) is 5.56 Å². The highest BCUT2D eigenvalue weighted by atomic mass is 19.4. The number of nitrogens with zero attached hydrogens (tertiary/aromatic N) is 1. The first-order valence-corrected chi connectivity index (χ1v) is 7.76. The van der Waals surface area contributed by atoms with E-state index in [9.17, 15) is 22.4 Å². The average molecular weight is 347 g/mol. The van der Waals surface area contributed by atoms with Crippen molar-refractivity contribution in [3.63, 3.8) is 0 Å². The number of rotatable bonds is 7. The predicted molar refractivity (Wildman–Crippen MR) is 82.1 cm³/mol. The Morgan fingerprint density at radius 2 is 2.08 bits per heavy atom. The second-order valence-corrected chi connectivity index (χ2v) is 6.19. The van der Waals surface area contributed by atoms with E-state index in [1.807, 2.05) is 0 Å². The van der Waals surface area contributed by atoms with E-state index in [4.69, 9.17) is 5.73 Å². The summed E-state index contributed by atoms with van der Waals surface area (Å²) < 4.78 is 51.5. The number of likely N-dealkylation sites (N-methyl/N-ethyl adjacent to an activating group) is 1. The van der Waals surface area contributed by atoms with Gasteiger partial charge in [-0.2, -0.15) is 13.2 Å². The lowest BCUT2D eigenvalue weighted by atomic mass is 10.0. The zero-order valence-electron chi connectivity index (χ0n) is 13.4. The van der Waals surface area contributed by atoms with Gasteiger partial charge in [-0.3, -0.25) is 9.69 Å². The van der Waals surface area contributed by atoms with Crippen LogP contribution < -0.4 is 11.1 Å². The molecule has 134 valence electrons. The Morgan fingerprint density at radius 1 is 1.42 bits per heavy atom. The SMILES string of the molecule is CN(CC(F)(F)F)[C@H](CN)Cc1ccc(C(=O)NC2CC2)c(F)c1. The van der Waals surface area contributed by atoms with Gasteiger partial charge in [-0.1, -0.05) is 6.07 Å². The quantitative estimate of drug-likeness (QED) is 0.743. The van der Waals surface area contributed by atoms with Gasteiger partial charge in [0, 0.05) is 18.6 Å². The zero-order valence-corrected chi connectivity index (χ0v) is 13.4. The van der Waals surface area contributed by atoms with E-state index >= 15 is 0 Å². The first-order valence-electron chi connectivity index (χ1n) is 7.76. The lowest BCUT2D eigenvalue weighted by Gasteiger charge is -2.28. The minimum atomic E-state index is -4.32. The van der Waals surface area contributed by atoms with Crippen LogP contribution in [0.4, 0.5) is 17.6 Å². The van der Waals surface area contributed by atoms with E-state index in [1.54, 1.807) is 6.07 Å². The van der Waals surface area contributed by atoms with Crippen molar-refractivity contribution in [2.75, 3.05) is 20.1 Å². The molecule has 4 nitrogen and oxygen atoms in total. The molecule has 3 N–H and O–H groups in total. The van der Waals surface area contributed by atoms with E-state index in [2.05, 4.69) is 5.32 Å². The maximum atomic E-state index is 14.1. The van der Waals surface area contributed by atoms with Crippen molar-refractivity contribution in [3.8, 4) is 0 Å². The van der Waals surface area contributed by atoms with Gasteiger partial charge in [0.15, 0.2) is 0 Å². The summed E-state index contributed by atoms with van der Waals surface area (Å²) in [6, 6.07) is 3.65. The molecule has 1 fully saturated rings. The van der Waals surface area contributed by atoms with Gasteiger partial charge in [0.2, 0.25) is 0 Å². The van der Waals surface area contributed by atoms with Gasteiger partial charge >= 0.3 is 6.18 Å². The molecule has 1 aliphatic carbocycles. The molecule has 0 spiro atoms. The number of hydrogen-bond donors (Lipinski definition) is 2. The van der Waals surface area contributed by atoms with Gasteiger partial charge in [0.25, 0.3) is 5.91 Å². The summed E-state index contributed by atoms with van der Waals surface area (Å²) in [5, 5.41) is 2.69. The fourth-order valence-corrected chi connectivity index (χ4v) is 2.46. The van der Waals surface area contributed by atoms with Crippen molar-refractivity contribution >= 4 is 5.91 Å². The molecule has 0 radical (unpaired) electrons. The summed E-state index contributed by atoms with van der Waals surface area (Å²) in [6.07, 6.45) is -2.35. The molecule has 24 heavy (non-hydrogen) atoms. The number of hydrogen-bond acceptors (Lipinski definition) is 3. The molecule has 0 aliphatic heterocycles. The molecule has 1 aromatic carbocycles. The Hall–Kier alpha value is -1.67. The Labute approximate surface area is 138 Å². The molecule has 1 saturated carbocycles. The maximum Gasteiger partial charge on any atom is 0.401 e. The molecular weight excluding hydrogens is 326 g/mol. The fourth-order valence-electron chi connectivity index (χ4n) is 2.46. The molecule has 0 heterocycles. The number of halogens is 4. The van der Waals surface area contributed by atoms with Gasteiger partial charge in [-0.25, -0.2) is 4.39 Å². The highest BCUT2D eigenvalue weighted by Crippen LogP contribution is 2.21. The topological polar surface area (TPSA) is 58.4 Å². The summed E-state index contributed by atoms with van der Waals surface area (Å²) in [7, 11) is 1.33. The van der Waals surface area contributed by atoms with Crippen LogP contribution in [0.5, 0.6) is 0 Å². The molecule has 0 bridgehead atoms. The summed E-state index contributed by atoms with van der Waals surface area (Å²) >= 11 is 0. The molecule has 0 aromatic heterocycles. The van der Waals surface area contributed by atoms with Crippen molar-refractivity contribution in [3.05, 3.63) is 35.1 Å². The van der Waals surface area contributed by atoms with Crippen LogP contribution >= 0.6 is 0 Å². The lowest BCUT2D eigenvalue weighted by molar-refractivity contribution is -0.147. The maximum absolute atomic E-state index is 14.1. The van der Waals surface area contributed by atoms with Crippen LogP contribution in [0, 0.1) is 5.82 Å². The first kappa shape index (κ1) is 18.7. The molecular formula is C16H21F4N3O. The number of carbonyl (C=O) groups is 1. The van der Waals surface area contributed by atoms with Crippen LogP contribution in [0.3, 0.4) is 0 Å². The van der Waals surface area contributed by atoms with Crippen LogP contribution in [0.2, 0.25) is 0 Å². The summed E-state index contributed by atoms with van der Waals surface area (Å²) in [5.41, 5.74) is 5.99. The third kappa shape index (κ3) is 5.45. The van der Waals surface area contributed by atoms with Crippen LogP contribution in [-0.4, -0.2) is 49.2 Å². The number of nitrogens with one attached hydrogen (secondary N) is 1. The lowest BCUT2D eigenvalue weighted by Crippen LogP contribution is -2.44. The molecule has 1 atom stereocenters. The van der Waals surface area contributed by atoms with Crippen molar-refractivity contribution in [1.29, 1.82) is 0 Å². The van der Waals surface area contributed by atoms with Crippen LogP contribution in [-0.2, 0) is 6.42 Å². The van der Waals surface area contributed by atoms with Gasteiger partial charge in [-0.05, 0) is 44.0 Å². The number of amides is 1. The number of nitrogens with two attached hydrogens (primary N) is 1. The van der Waals surface area contributed by atoms with Crippen LogP contribution in [0.1, 0.15) is 28.8 Å². The van der Waals surface area contributed by atoms with Gasteiger partial charge < -0.3 is 11.1 Å². The standard InChI is InChI=1S/C16H21F4N3O/c1-23(9-16(18,19)20)12(8-21)6-10-2-5-13(14(17)7-10)15(24)22-11-3-4-11/h2,5,7,11-12H,3-4,6,8-9,21H2,1H3,(H,22,24)/t12-/m0/s1. The van der Waals surface area contributed by atoms with Crippen LogP contribution in [0.25, 0.3) is 0 Å². The zero-order chi connectivity index (χ0) is 17.9. The Bertz CT molecular complexity index is 587. The molecule has 1 amide bonds. The van der Waals surface area contributed by atoms with Crippen molar-refractivity contribution in [1.82, 2.24) is 10.2 Å². The Balaban J connectivity index is 2.02. The van der Waals surface area contributed by atoms with Crippen molar-refractivity contribution < 1.29 is 22.4 Å². The first-order chi connectivity index (χ1) is 11.2. The largest absolute Gasteiger partial charge is 0.401 e. The average Bonchev–Trinajstić information content (AvgIpc) is 3.26. The minimum Gasteiger partial charge on any atom is -0.349 e. The summed E-state index contributed by atoms with van der Waals surface area (Å²) in [6.45, 7) is -1.07. The second kappa shape index (κ2) is 7.48. The Kier molecular flexibility index (Phi) is 5.82. The third-order valence-corrected chi connectivity index (χ3v) is 3.99. The van der Waals surface area contributed by atoms with E-state index < -0.39 is 30.5 Å². The smallest absolute Gasteiger partial charge is 0.349 e. The second-order valence-electron chi connectivity index (χ2n) is 6.19. The van der Waals surface area contributed by atoms with E-state index in [1.165, 1.54) is 19.2 Å². The van der Waals surface area contributed by atoms with E-state index in [0.717, 1.165) is 17.7 Å². The summed E-state index contributed by atoms with van der Waals surface area (Å²) in [4.78, 5) is 13.0. The number of benzene rings is 1. The summed E-state index contributed by atoms with van der Waals surface area (Å²) in [5.74, 6) is -1.15. The van der Waals surface area contributed by atoms with E-state index in [-0.39, 0.29) is 24.6 Å². The fraction of sp³-hybridized carbons (Fsp3) is 0.562. The monoisotopic (exact) mass is 347 g/mol. The predicted octanol–water partition coefficient (Wildman–Crippen LogP) is 2.08. The molecule has 1 aliphatic rings. The van der Waals surface area contributed by atoms with Crippen molar-refractivity contribution in [2.45, 2.75) is 37.5 Å². The van der Waals surface area contributed by atoms with Gasteiger partial charge in [0.05, 0.1) is 12.1 Å². The molecule has 0 unspecified atom stereocenters. The Morgan fingerprint density at radius 3 is 2.58 bits per heavy atom. The minimum absolute atomic E-state index is 0.0120. The van der Waals surface area contributed by atoms with Gasteiger partial charge in [-0.15, -0.1) is 0 Å². The van der Waals surface area contributed by atoms with Crippen LogP contribution in [0.15, 0.2) is 18.2 Å². The molecule has 0 saturated heterocycles. The normalized spacial score (nSPS) is 16.3. The third-order valence-electron chi connectivity index (χ3n) is 3.99. The van der Waals surface area contributed by atoms with Crippen molar-refractivity contribution in [2.24, 2.45) is 5.73 Å². The number of alkyl halides is 3. The highest BCUT2D eigenvalue weighted by Gasteiger charge is 2.31.